The average Bonchev–Trinajstić information content (AvgIpc) is 2.25. The predicted octanol–water partition coefficient (Wildman–Crippen LogP) is 0.850. The van der Waals surface area contributed by atoms with E-state index >= 15 is 0 Å². The second-order valence-electron chi connectivity index (χ2n) is 3.74. The number of hydrazine groups is 1. The van der Waals surface area contributed by atoms with Crippen LogP contribution in [0.4, 0.5) is 0 Å². The molecule has 0 aromatic heterocycles. The van der Waals surface area contributed by atoms with E-state index in [1.165, 1.54) is 6.92 Å². The van der Waals surface area contributed by atoms with E-state index in [0.29, 0.717) is 5.75 Å². The molecule has 1 aromatic carbocycles. The Morgan fingerprint density at radius 1 is 1.18 bits per heavy atom. The number of amides is 2. The standard InChI is InChI=1S/C12H16N2O3/c1-8-5-4-6-9(2)12(8)17-7-11(16)14-13-10(3)15/h4-6H,7H2,1-3H3,(H,13,15)(H,14,16). The minimum Gasteiger partial charge on any atom is -0.483 e. The van der Waals surface area contributed by atoms with Crippen LogP contribution in [0.5, 0.6) is 5.75 Å². The molecule has 0 saturated carbocycles. The Morgan fingerprint density at radius 3 is 2.29 bits per heavy atom. The highest BCUT2D eigenvalue weighted by Gasteiger charge is 2.06. The summed E-state index contributed by atoms with van der Waals surface area (Å²) < 4.78 is 5.40. The van der Waals surface area contributed by atoms with E-state index in [2.05, 4.69) is 10.9 Å². The Labute approximate surface area is 100 Å². The molecule has 17 heavy (non-hydrogen) atoms. The second kappa shape index (κ2) is 5.89. The SMILES string of the molecule is CC(=O)NNC(=O)COc1c(C)cccc1C. The fourth-order valence-electron chi connectivity index (χ4n) is 1.36. The van der Waals surface area contributed by atoms with Crippen molar-refractivity contribution in [2.24, 2.45) is 0 Å². The minimum atomic E-state index is -0.400. The number of nitrogens with one attached hydrogen (secondary N) is 2. The third kappa shape index (κ3) is 4.14. The fraction of sp³-hybridized carbons (Fsp3) is 0.333. The molecule has 0 fully saturated rings. The maximum Gasteiger partial charge on any atom is 0.276 e. The van der Waals surface area contributed by atoms with Gasteiger partial charge in [-0.15, -0.1) is 0 Å². The Hall–Kier alpha value is -2.04. The van der Waals surface area contributed by atoms with E-state index in [4.69, 9.17) is 4.74 Å². The Morgan fingerprint density at radius 2 is 1.76 bits per heavy atom. The van der Waals surface area contributed by atoms with E-state index < -0.39 is 5.91 Å². The maximum absolute atomic E-state index is 11.3. The zero-order chi connectivity index (χ0) is 12.8. The first kappa shape index (κ1) is 13.0. The summed E-state index contributed by atoms with van der Waals surface area (Å²) in [6, 6.07) is 5.75. The number of hydrogen-bond donors (Lipinski definition) is 2. The minimum absolute atomic E-state index is 0.133. The van der Waals surface area contributed by atoms with Gasteiger partial charge in [0.1, 0.15) is 5.75 Å². The zero-order valence-electron chi connectivity index (χ0n) is 10.2. The van der Waals surface area contributed by atoms with Crippen LogP contribution in [0, 0.1) is 13.8 Å². The summed E-state index contributed by atoms with van der Waals surface area (Å²) in [6.45, 7) is 5.00. The van der Waals surface area contributed by atoms with Gasteiger partial charge in [0.05, 0.1) is 0 Å². The molecule has 0 bridgehead atoms. The van der Waals surface area contributed by atoms with Crippen molar-refractivity contribution in [1.82, 2.24) is 10.9 Å². The van der Waals surface area contributed by atoms with E-state index in [1.807, 2.05) is 32.0 Å². The topological polar surface area (TPSA) is 67.4 Å². The lowest BCUT2D eigenvalue weighted by Crippen LogP contribution is -2.42. The van der Waals surface area contributed by atoms with E-state index in [0.717, 1.165) is 11.1 Å². The number of benzene rings is 1. The van der Waals surface area contributed by atoms with Crippen molar-refractivity contribution in [2.45, 2.75) is 20.8 Å². The highest BCUT2D eigenvalue weighted by Crippen LogP contribution is 2.21. The van der Waals surface area contributed by atoms with Crippen LogP contribution in [-0.4, -0.2) is 18.4 Å². The summed E-state index contributed by atoms with van der Waals surface area (Å²) in [4.78, 5) is 21.9. The molecule has 1 aromatic rings. The molecule has 0 unspecified atom stereocenters. The zero-order valence-corrected chi connectivity index (χ0v) is 10.2. The van der Waals surface area contributed by atoms with Crippen molar-refractivity contribution in [3.8, 4) is 5.75 Å². The first-order valence-electron chi connectivity index (χ1n) is 5.25. The molecule has 0 saturated heterocycles. The van der Waals surface area contributed by atoms with Gasteiger partial charge in [0, 0.05) is 6.92 Å². The summed E-state index contributed by atoms with van der Waals surface area (Å²) in [7, 11) is 0. The fourth-order valence-corrected chi connectivity index (χ4v) is 1.36. The normalized spacial score (nSPS) is 9.59. The highest BCUT2D eigenvalue weighted by molar-refractivity contribution is 5.81. The van der Waals surface area contributed by atoms with E-state index in [9.17, 15) is 9.59 Å². The van der Waals surface area contributed by atoms with Gasteiger partial charge in [0.25, 0.3) is 5.91 Å². The van der Waals surface area contributed by atoms with Crippen molar-refractivity contribution in [1.29, 1.82) is 0 Å². The van der Waals surface area contributed by atoms with Crippen molar-refractivity contribution in [3.05, 3.63) is 29.3 Å². The van der Waals surface area contributed by atoms with Gasteiger partial charge in [-0.1, -0.05) is 18.2 Å². The van der Waals surface area contributed by atoms with Crippen LogP contribution < -0.4 is 15.6 Å². The Balaban J connectivity index is 2.50. The Kier molecular flexibility index (Phi) is 4.51. The monoisotopic (exact) mass is 236 g/mol. The first-order chi connectivity index (χ1) is 8.00. The molecule has 0 spiro atoms. The van der Waals surface area contributed by atoms with Crippen LogP contribution in [0.15, 0.2) is 18.2 Å². The maximum atomic E-state index is 11.3. The molecule has 5 nitrogen and oxygen atoms in total. The van der Waals surface area contributed by atoms with Crippen LogP contribution in [-0.2, 0) is 9.59 Å². The van der Waals surface area contributed by atoms with Gasteiger partial charge in [-0.25, -0.2) is 0 Å². The third-order valence-corrected chi connectivity index (χ3v) is 2.13. The molecule has 0 aliphatic heterocycles. The third-order valence-electron chi connectivity index (χ3n) is 2.13. The molecule has 0 atom stereocenters. The van der Waals surface area contributed by atoms with Crippen molar-refractivity contribution < 1.29 is 14.3 Å². The molecular formula is C12H16N2O3. The van der Waals surface area contributed by atoms with E-state index in [-0.39, 0.29) is 12.5 Å². The number of aryl methyl sites for hydroxylation is 2. The van der Waals surface area contributed by atoms with E-state index in [1.54, 1.807) is 0 Å². The number of carbonyl (C=O) groups excluding carboxylic acids is 2. The van der Waals surface area contributed by atoms with Gasteiger partial charge in [-0.3, -0.25) is 20.4 Å². The summed E-state index contributed by atoms with van der Waals surface area (Å²) in [6.07, 6.45) is 0. The smallest absolute Gasteiger partial charge is 0.276 e. The van der Waals surface area contributed by atoms with Crippen LogP contribution in [0.1, 0.15) is 18.1 Å². The number of hydrogen-bond acceptors (Lipinski definition) is 3. The quantitative estimate of drug-likeness (QED) is 0.764. The van der Waals surface area contributed by atoms with Crippen LogP contribution in [0.3, 0.4) is 0 Å². The summed E-state index contributed by atoms with van der Waals surface area (Å²) in [5, 5.41) is 0. The van der Waals surface area contributed by atoms with Crippen molar-refractivity contribution in [3.63, 3.8) is 0 Å². The summed E-state index contributed by atoms with van der Waals surface area (Å²) in [5.74, 6) is -0.0289. The van der Waals surface area contributed by atoms with Crippen molar-refractivity contribution >= 4 is 11.8 Å². The Bertz CT molecular complexity index is 410. The van der Waals surface area contributed by atoms with Gasteiger partial charge in [0.15, 0.2) is 6.61 Å². The van der Waals surface area contributed by atoms with Gasteiger partial charge >= 0.3 is 0 Å². The summed E-state index contributed by atoms with van der Waals surface area (Å²) >= 11 is 0. The lowest BCUT2D eigenvalue weighted by atomic mass is 10.1. The molecule has 2 N–H and O–H groups in total. The molecule has 0 radical (unpaired) electrons. The molecule has 2 amide bonds. The van der Waals surface area contributed by atoms with Crippen molar-refractivity contribution in [2.75, 3.05) is 6.61 Å². The summed E-state index contributed by atoms with van der Waals surface area (Å²) in [5.41, 5.74) is 6.36. The molecular weight excluding hydrogens is 220 g/mol. The van der Waals surface area contributed by atoms with Gasteiger partial charge in [-0.2, -0.15) is 0 Å². The second-order valence-corrected chi connectivity index (χ2v) is 3.74. The van der Waals surface area contributed by atoms with Gasteiger partial charge in [0.2, 0.25) is 5.91 Å². The largest absolute Gasteiger partial charge is 0.483 e. The molecule has 92 valence electrons. The molecule has 1 rings (SSSR count). The average molecular weight is 236 g/mol. The van der Waals surface area contributed by atoms with Gasteiger partial charge < -0.3 is 4.74 Å². The van der Waals surface area contributed by atoms with Crippen LogP contribution in [0.2, 0.25) is 0 Å². The van der Waals surface area contributed by atoms with Crippen LogP contribution in [0.25, 0.3) is 0 Å². The van der Waals surface area contributed by atoms with Crippen LogP contribution >= 0.6 is 0 Å². The lowest BCUT2D eigenvalue weighted by molar-refractivity contribution is -0.129. The molecule has 0 aliphatic rings. The first-order valence-corrected chi connectivity index (χ1v) is 5.25. The highest BCUT2D eigenvalue weighted by atomic mass is 16.5. The number of para-hydroxylation sites is 1. The number of carbonyl (C=O) groups is 2. The van der Waals surface area contributed by atoms with Gasteiger partial charge in [-0.05, 0) is 25.0 Å². The predicted molar refractivity (Wildman–Crippen MR) is 63.4 cm³/mol. The molecule has 0 heterocycles. The number of rotatable bonds is 3. The molecule has 5 heteroatoms. The lowest BCUT2D eigenvalue weighted by Gasteiger charge is -2.11. The molecule has 0 aliphatic carbocycles. The number of ether oxygens (including phenoxy) is 1.